The van der Waals surface area contributed by atoms with E-state index in [4.69, 9.17) is 14.6 Å². The van der Waals surface area contributed by atoms with Crippen LogP contribution in [0.25, 0.3) is 0 Å². The highest BCUT2D eigenvalue weighted by molar-refractivity contribution is 6.48. The molecule has 0 aromatic rings. The Morgan fingerprint density at radius 2 is 1.62 bits per heavy atom. The molecule has 0 aromatic heterocycles. The van der Waals surface area contributed by atoms with E-state index in [-0.39, 0.29) is 0 Å². The molecule has 4 nitrogen and oxygen atoms in total. The van der Waals surface area contributed by atoms with Gasteiger partial charge in [-0.2, -0.15) is 0 Å². The predicted octanol–water partition coefficient (Wildman–Crippen LogP) is 1.27. The first-order valence-corrected chi connectivity index (χ1v) is 7.93. The summed E-state index contributed by atoms with van der Waals surface area (Å²) < 4.78 is 11.5. The lowest BCUT2D eigenvalue weighted by atomic mass is 10.2. The first kappa shape index (κ1) is 16.1. The number of nitrogens with two attached hydrogens (primary N) is 1. The Morgan fingerprint density at radius 1 is 1.06 bits per heavy atom. The lowest BCUT2D eigenvalue weighted by Gasteiger charge is -2.35. The summed E-state index contributed by atoms with van der Waals surface area (Å²) in [6.07, 6.45) is 3.02. The summed E-state index contributed by atoms with van der Waals surface area (Å²) >= 11 is 0. The quantitative estimate of drug-likeness (QED) is 0.452. The van der Waals surface area contributed by atoms with Crippen LogP contribution in [-0.2, 0) is 8.85 Å². The highest BCUT2D eigenvalue weighted by Crippen LogP contribution is 2.13. The molecule has 98 valence electrons. The Bertz CT molecular complexity index is 166. The average molecular weight is 248 g/mol. The van der Waals surface area contributed by atoms with Crippen molar-refractivity contribution in [2.24, 2.45) is 5.73 Å². The number of nitrogens with one attached hydrogen (secondary N) is 1. The van der Waals surface area contributed by atoms with Gasteiger partial charge in [0.1, 0.15) is 5.29 Å². The van der Waals surface area contributed by atoms with E-state index in [0.29, 0.717) is 13.2 Å². The van der Waals surface area contributed by atoms with Gasteiger partial charge in [-0.3, -0.25) is 5.32 Å². The SMILES string of the molecule is CCCNC(N)(CCC)[SiH](OCC)OCC. The van der Waals surface area contributed by atoms with Crippen molar-refractivity contribution < 1.29 is 8.85 Å². The van der Waals surface area contributed by atoms with Crippen molar-refractivity contribution in [2.75, 3.05) is 19.8 Å². The minimum absolute atomic E-state index is 0.434. The zero-order chi connectivity index (χ0) is 12.4. The molecule has 0 spiro atoms. The van der Waals surface area contributed by atoms with Crippen LogP contribution in [0.1, 0.15) is 47.0 Å². The van der Waals surface area contributed by atoms with E-state index in [1.54, 1.807) is 0 Å². The maximum Gasteiger partial charge on any atom is 0.357 e. The molecule has 5 heteroatoms. The molecule has 0 bridgehead atoms. The van der Waals surface area contributed by atoms with Crippen molar-refractivity contribution in [2.45, 2.75) is 52.2 Å². The average Bonchev–Trinajstić information content (AvgIpc) is 2.26. The topological polar surface area (TPSA) is 56.5 Å². The molecule has 0 aliphatic carbocycles. The fourth-order valence-corrected chi connectivity index (χ4v) is 3.84. The Labute approximate surface area is 102 Å². The summed E-state index contributed by atoms with van der Waals surface area (Å²) in [5, 5.41) is 2.97. The van der Waals surface area contributed by atoms with Gasteiger partial charge in [0.2, 0.25) is 0 Å². The van der Waals surface area contributed by atoms with Crippen LogP contribution in [0.5, 0.6) is 0 Å². The highest BCUT2D eigenvalue weighted by Gasteiger charge is 2.38. The van der Waals surface area contributed by atoms with Crippen LogP contribution < -0.4 is 11.1 Å². The third-order valence-corrected chi connectivity index (χ3v) is 5.03. The van der Waals surface area contributed by atoms with E-state index in [1.807, 2.05) is 13.8 Å². The Hall–Kier alpha value is 0.0569. The van der Waals surface area contributed by atoms with Crippen LogP contribution in [0.2, 0.25) is 0 Å². The molecule has 0 aromatic carbocycles. The van der Waals surface area contributed by atoms with E-state index in [0.717, 1.165) is 25.8 Å². The van der Waals surface area contributed by atoms with E-state index in [9.17, 15) is 0 Å². The lowest BCUT2D eigenvalue weighted by Crippen LogP contribution is -2.66. The number of hydrogen-bond donors (Lipinski definition) is 2. The summed E-state index contributed by atoms with van der Waals surface area (Å²) in [5.41, 5.74) is 6.41. The van der Waals surface area contributed by atoms with Gasteiger partial charge in [0.25, 0.3) is 0 Å². The second kappa shape index (κ2) is 9.12. The van der Waals surface area contributed by atoms with Gasteiger partial charge in [-0.15, -0.1) is 0 Å². The van der Waals surface area contributed by atoms with Crippen LogP contribution >= 0.6 is 0 Å². The molecule has 0 radical (unpaired) electrons. The molecule has 0 saturated heterocycles. The van der Waals surface area contributed by atoms with Gasteiger partial charge in [-0.05, 0) is 33.2 Å². The lowest BCUT2D eigenvalue weighted by molar-refractivity contribution is 0.171. The van der Waals surface area contributed by atoms with E-state index in [1.165, 1.54) is 0 Å². The normalized spacial score (nSPS) is 15.4. The third kappa shape index (κ3) is 5.40. The molecule has 0 rings (SSSR count). The Kier molecular flexibility index (Phi) is 9.16. The minimum atomic E-state index is -1.85. The maximum absolute atomic E-state index is 6.41. The van der Waals surface area contributed by atoms with Crippen LogP contribution in [0.3, 0.4) is 0 Å². The first-order chi connectivity index (χ1) is 7.64. The monoisotopic (exact) mass is 248 g/mol. The summed E-state index contributed by atoms with van der Waals surface area (Å²) in [4.78, 5) is 0. The minimum Gasteiger partial charge on any atom is -0.395 e. The molecule has 3 N–H and O–H groups in total. The molecule has 0 fully saturated rings. The fraction of sp³-hybridized carbons (Fsp3) is 1.00. The largest absolute Gasteiger partial charge is 0.395 e. The van der Waals surface area contributed by atoms with Gasteiger partial charge in [0.05, 0.1) is 0 Å². The smallest absolute Gasteiger partial charge is 0.357 e. The third-order valence-electron chi connectivity index (χ3n) is 2.42. The Balaban J connectivity index is 4.50. The molecule has 0 amide bonds. The number of rotatable bonds is 10. The summed E-state index contributed by atoms with van der Waals surface area (Å²) in [5.74, 6) is 0. The fourth-order valence-electron chi connectivity index (χ4n) is 1.71. The Morgan fingerprint density at radius 3 is 2.00 bits per heavy atom. The molecule has 0 saturated carbocycles. The van der Waals surface area contributed by atoms with Crippen molar-refractivity contribution in [1.29, 1.82) is 0 Å². The van der Waals surface area contributed by atoms with E-state index >= 15 is 0 Å². The van der Waals surface area contributed by atoms with Crippen molar-refractivity contribution in [1.82, 2.24) is 5.32 Å². The van der Waals surface area contributed by atoms with Crippen molar-refractivity contribution >= 4 is 9.28 Å². The van der Waals surface area contributed by atoms with Crippen molar-refractivity contribution in [3.63, 3.8) is 0 Å². The zero-order valence-electron chi connectivity index (χ0n) is 11.2. The second-order valence-electron chi connectivity index (χ2n) is 3.96. The molecule has 0 aliphatic heterocycles. The zero-order valence-corrected chi connectivity index (χ0v) is 12.4. The molecular formula is C11H28N2O2Si. The van der Waals surface area contributed by atoms with Gasteiger partial charge in [0, 0.05) is 13.2 Å². The maximum atomic E-state index is 6.41. The van der Waals surface area contributed by atoms with Crippen LogP contribution in [0.4, 0.5) is 0 Å². The van der Waals surface area contributed by atoms with Crippen molar-refractivity contribution in [3.05, 3.63) is 0 Å². The molecular weight excluding hydrogens is 220 g/mol. The van der Waals surface area contributed by atoms with E-state index < -0.39 is 14.6 Å². The molecule has 0 heterocycles. The molecule has 1 atom stereocenters. The van der Waals surface area contributed by atoms with Crippen molar-refractivity contribution in [3.8, 4) is 0 Å². The summed E-state index contributed by atoms with van der Waals surface area (Å²) in [6, 6.07) is 0. The van der Waals surface area contributed by atoms with Gasteiger partial charge in [-0.1, -0.05) is 20.3 Å². The van der Waals surface area contributed by atoms with Crippen LogP contribution in [0, 0.1) is 0 Å². The summed E-state index contributed by atoms with van der Waals surface area (Å²) in [6.45, 7) is 10.5. The van der Waals surface area contributed by atoms with Gasteiger partial charge >= 0.3 is 9.28 Å². The van der Waals surface area contributed by atoms with Crippen LogP contribution in [-0.4, -0.2) is 34.3 Å². The standard InChI is InChI=1S/C11H28N2O2Si/c1-5-9-11(12,13-10-6-2)16(14-7-3)15-8-4/h13,16H,5-10,12H2,1-4H3. The van der Waals surface area contributed by atoms with E-state index in [2.05, 4.69) is 19.2 Å². The predicted molar refractivity (Wildman–Crippen MR) is 70.5 cm³/mol. The number of hydrogen-bond acceptors (Lipinski definition) is 4. The molecule has 16 heavy (non-hydrogen) atoms. The molecule has 0 aliphatic rings. The second-order valence-corrected chi connectivity index (χ2v) is 6.32. The summed E-state index contributed by atoms with van der Waals surface area (Å²) in [7, 11) is -1.85. The highest BCUT2D eigenvalue weighted by atomic mass is 28.3. The molecule has 1 unspecified atom stereocenters. The first-order valence-electron chi connectivity index (χ1n) is 6.41. The van der Waals surface area contributed by atoms with Gasteiger partial charge in [-0.25, -0.2) is 0 Å². The van der Waals surface area contributed by atoms with Gasteiger partial charge in [0.15, 0.2) is 0 Å². The van der Waals surface area contributed by atoms with Gasteiger partial charge < -0.3 is 14.6 Å². The van der Waals surface area contributed by atoms with Crippen LogP contribution in [0.15, 0.2) is 0 Å².